The van der Waals surface area contributed by atoms with Crippen molar-refractivity contribution in [1.82, 2.24) is 14.7 Å². The topological polar surface area (TPSA) is 37.5 Å². The molecule has 0 atom stereocenters. The van der Waals surface area contributed by atoms with E-state index in [9.17, 15) is 0 Å². The molecule has 16 heavy (non-hydrogen) atoms. The van der Waals surface area contributed by atoms with Gasteiger partial charge in [-0.25, -0.2) is 4.58 Å². The summed E-state index contributed by atoms with van der Waals surface area (Å²) < 4.78 is 1.67. The molecule has 0 radical (unpaired) electrons. The van der Waals surface area contributed by atoms with Gasteiger partial charge in [-0.05, 0) is 5.10 Å². The minimum Gasteiger partial charge on any atom is -0.346 e. The molecule has 0 saturated heterocycles. The van der Waals surface area contributed by atoms with Crippen LogP contribution in [-0.2, 0) is 0 Å². The molecule has 0 unspecified atom stereocenters. The van der Waals surface area contributed by atoms with Crippen LogP contribution in [0, 0.1) is 0 Å². The van der Waals surface area contributed by atoms with E-state index in [1.54, 1.807) is 4.58 Å². The first-order chi connectivity index (χ1) is 7.27. The van der Waals surface area contributed by atoms with Crippen molar-refractivity contribution >= 4 is 18.6 Å². The Kier molecular flexibility index (Phi) is 5.49. The third kappa shape index (κ3) is 4.29. The van der Waals surface area contributed by atoms with Gasteiger partial charge in [-0.2, -0.15) is 0 Å². The molecular formula is C10H23N6+. The smallest absolute Gasteiger partial charge is 0.346 e. The van der Waals surface area contributed by atoms with Crippen LogP contribution in [0.25, 0.3) is 0 Å². The Morgan fingerprint density at radius 3 is 1.56 bits per heavy atom. The fraction of sp³-hybridized carbons (Fsp3) is 0.700. The highest BCUT2D eigenvalue weighted by Crippen LogP contribution is 1.92. The molecule has 0 amide bonds. The zero-order chi connectivity index (χ0) is 12.9. The molecular weight excluding hydrogens is 204 g/mol. The molecule has 0 aliphatic heterocycles. The standard InChI is InChI=1S/C10H23N6/c1-13(2)9(14(3)4)11-12-10(15(5)6)16(7)8/h1H2,2-8H3/q+1/b11-9+. The molecule has 0 aromatic heterocycles. The molecule has 6 nitrogen and oxygen atoms in total. The number of guanidine groups is 2. The van der Waals surface area contributed by atoms with Crippen LogP contribution in [0.3, 0.4) is 0 Å². The van der Waals surface area contributed by atoms with Crippen molar-refractivity contribution in [1.29, 1.82) is 0 Å². The van der Waals surface area contributed by atoms with Gasteiger partial charge < -0.3 is 9.80 Å². The predicted molar refractivity (Wildman–Crippen MR) is 69.2 cm³/mol. The molecule has 0 bridgehead atoms. The molecule has 6 heteroatoms. The van der Waals surface area contributed by atoms with Gasteiger partial charge in [-0.15, -0.1) is 0 Å². The number of rotatable bonds is 1. The first-order valence-electron chi connectivity index (χ1n) is 4.99. The molecule has 0 aromatic carbocycles. The van der Waals surface area contributed by atoms with Crippen LogP contribution in [0.4, 0.5) is 0 Å². The molecule has 0 N–H and O–H groups in total. The Bertz CT molecular complexity index is 290. The second kappa shape index (κ2) is 6.09. The fourth-order valence-electron chi connectivity index (χ4n) is 1.18. The fourth-order valence-corrected chi connectivity index (χ4v) is 1.18. The average Bonchev–Trinajstić information content (AvgIpc) is 2.09. The maximum Gasteiger partial charge on any atom is 0.415 e. The molecule has 0 fully saturated rings. The van der Waals surface area contributed by atoms with Crippen molar-refractivity contribution in [2.24, 2.45) is 10.2 Å². The molecule has 0 saturated carbocycles. The van der Waals surface area contributed by atoms with Gasteiger partial charge in [-0.1, -0.05) is 0 Å². The van der Waals surface area contributed by atoms with Gasteiger partial charge in [0.05, 0.1) is 21.1 Å². The normalized spacial score (nSPS) is 10.8. The summed E-state index contributed by atoms with van der Waals surface area (Å²) >= 11 is 0. The summed E-state index contributed by atoms with van der Waals surface area (Å²) in [5.41, 5.74) is 0. The first-order valence-corrected chi connectivity index (χ1v) is 4.99. The van der Waals surface area contributed by atoms with Gasteiger partial charge in [0.25, 0.3) is 0 Å². The van der Waals surface area contributed by atoms with E-state index in [2.05, 4.69) is 16.9 Å². The predicted octanol–water partition coefficient (Wildman–Crippen LogP) is -0.359. The quantitative estimate of drug-likeness (QED) is 0.266. The van der Waals surface area contributed by atoms with E-state index in [1.165, 1.54) is 0 Å². The van der Waals surface area contributed by atoms with E-state index < -0.39 is 0 Å². The highest BCUT2D eigenvalue weighted by Gasteiger charge is 2.13. The van der Waals surface area contributed by atoms with Gasteiger partial charge in [0.2, 0.25) is 5.96 Å². The van der Waals surface area contributed by atoms with Crippen molar-refractivity contribution < 1.29 is 4.58 Å². The van der Waals surface area contributed by atoms with Crippen molar-refractivity contribution in [3.63, 3.8) is 0 Å². The summed E-state index contributed by atoms with van der Waals surface area (Å²) in [6.07, 6.45) is 0. The van der Waals surface area contributed by atoms with E-state index in [0.717, 1.165) is 5.96 Å². The monoisotopic (exact) mass is 227 g/mol. The van der Waals surface area contributed by atoms with Gasteiger partial charge in [0.1, 0.15) is 0 Å². The Hall–Kier alpha value is -1.59. The van der Waals surface area contributed by atoms with E-state index in [-0.39, 0.29) is 0 Å². The molecule has 0 aliphatic rings. The number of hydrogen-bond acceptors (Lipinski definition) is 2. The minimum absolute atomic E-state index is 0.696. The lowest BCUT2D eigenvalue weighted by Gasteiger charge is -2.20. The summed E-state index contributed by atoms with van der Waals surface area (Å²) in [4.78, 5) is 5.67. The first kappa shape index (κ1) is 14.4. The molecule has 0 rings (SSSR count). The summed E-state index contributed by atoms with van der Waals surface area (Å²) in [5, 5.41) is 8.37. The van der Waals surface area contributed by atoms with Crippen molar-refractivity contribution in [2.75, 3.05) is 49.3 Å². The largest absolute Gasteiger partial charge is 0.415 e. The highest BCUT2D eigenvalue weighted by atomic mass is 15.4. The Morgan fingerprint density at radius 2 is 1.31 bits per heavy atom. The lowest BCUT2D eigenvalue weighted by Crippen LogP contribution is -2.36. The zero-order valence-electron chi connectivity index (χ0n) is 11.4. The van der Waals surface area contributed by atoms with Gasteiger partial charge in [0, 0.05) is 40.0 Å². The maximum absolute atomic E-state index is 4.20. The second-order valence-corrected chi connectivity index (χ2v) is 4.18. The summed E-state index contributed by atoms with van der Waals surface area (Å²) in [7, 11) is 13.4. The van der Waals surface area contributed by atoms with E-state index in [1.807, 2.05) is 64.0 Å². The summed E-state index contributed by atoms with van der Waals surface area (Å²) in [6.45, 7) is 3.79. The van der Waals surface area contributed by atoms with E-state index in [0.29, 0.717) is 5.96 Å². The van der Waals surface area contributed by atoms with Crippen molar-refractivity contribution in [2.45, 2.75) is 0 Å². The van der Waals surface area contributed by atoms with Gasteiger partial charge in [0.15, 0.2) is 0 Å². The Morgan fingerprint density at radius 1 is 0.875 bits per heavy atom. The van der Waals surface area contributed by atoms with Gasteiger partial charge in [-0.3, -0.25) is 4.90 Å². The van der Waals surface area contributed by atoms with Crippen LogP contribution in [0.1, 0.15) is 0 Å². The Balaban J connectivity index is 5.11. The number of nitrogens with zero attached hydrogens (tertiary/aromatic N) is 6. The zero-order valence-corrected chi connectivity index (χ0v) is 11.4. The third-order valence-electron chi connectivity index (χ3n) is 1.77. The van der Waals surface area contributed by atoms with Crippen LogP contribution >= 0.6 is 0 Å². The molecule has 0 aromatic rings. The minimum atomic E-state index is 0.696. The van der Waals surface area contributed by atoms with Crippen molar-refractivity contribution in [3.05, 3.63) is 0 Å². The SMILES string of the molecule is C=[N+](C)/C(=N\N=C(N(C)C)N(C)C)N(C)C. The van der Waals surface area contributed by atoms with Crippen LogP contribution < -0.4 is 0 Å². The average molecular weight is 227 g/mol. The molecule has 92 valence electrons. The highest BCUT2D eigenvalue weighted by molar-refractivity contribution is 5.80. The molecule has 0 aliphatic carbocycles. The van der Waals surface area contributed by atoms with Crippen LogP contribution in [0.15, 0.2) is 10.2 Å². The lowest BCUT2D eigenvalue weighted by atomic mass is 10.7. The lowest BCUT2D eigenvalue weighted by molar-refractivity contribution is -0.372. The summed E-state index contributed by atoms with van der Waals surface area (Å²) in [5.74, 6) is 1.47. The third-order valence-corrected chi connectivity index (χ3v) is 1.77. The van der Waals surface area contributed by atoms with Crippen LogP contribution in [0.5, 0.6) is 0 Å². The molecule has 0 heterocycles. The van der Waals surface area contributed by atoms with Crippen LogP contribution in [-0.4, -0.2) is 87.2 Å². The maximum atomic E-state index is 4.20. The molecule has 0 spiro atoms. The summed E-state index contributed by atoms with van der Waals surface area (Å²) in [6, 6.07) is 0. The van der Waals surface area contributed by atoms with Gasteiger partial charge >= 0.3 is 5.96 Å². The number of hydrogen-bond donors (Lipinski definition) is 0. The van der Waals surface area contributed by atoms with E-state index >= 15 is 0 Å². The van der Waals surface area contributed by atoms with Crippen molar-refractivity contribution in [3.8, 4) is 0 Å². The second-order valence-electron chi connectivity index (χ2n) is 4.18. The van der Waals surface area contributed by atoms with Crippen LogP contribution in [0.2, 0.25) is 0 Å². The van der Waals surface area contributed by atoms with E-state index in [4.69, 9.17) is 0 Å². The Labute approximate surface area is 98.2 Å².